The highest BCUT2D eigenvalue weighted by molar-refractivity contribution is 5.37. The number of hydrogen-bond acceptors (Lipinski definition) is 4. The standard InChI is InChI=1S/C12H20N2O2/c1-14(2)9-10-4-5-12(15-3)11(8-10)6-7-16-13/h4-5,8H,6-7,9,13H2,1-3H3. The quantitative estimate of drug-likeness (QED) is 0.737. The molecule has 0 unspecified atom stereocenters. The molecule has 0 bridgehead atoms. The van der Waals surface area contributed by atoms with E-state index >= 15 is 0 Å². The Hall–Kier alpha value is -1.10. The fourth-order valence-corrected chi connectivity index (χ4v) is 1.66. The normalized spacial score (nSPS) is 10.8. The lowest BCUT2D eigenvalue weighted by molar-refractivity contribution is 0.140. The van der Waals surface area contributed by atoms with Crippen LogP contribution in [0.25, 0.3) is 0 Å². The van der Waals surface area contributed by atoms with Gasteiger partial charge in [-0.3, -0.25) is 0 Å². The molecule has 1 aromatic rings. The van der Waals surface area contributed by atoms with Crippen molar-refractivity contribution in [2.24, 2.45) is 5.90 Å². The van der Waals surface area contributed by atoms with Crippen LogP contribution in [0.3, 0.4) is 0 Å². The van der Waals surface area contributed by atoms with Crippen LogP contribution in [0.1, 0.15) is 11.1 Å². The molecule has 2 N–H and O–H groups in total. The molecule has 0 aromatic heterocycles. The highest BCUT2D eigenvalue weighted by Crippen LogP contribution is 2.21. The number of methoxy groups -OCH3 is 1. The van der Waals surface area contributed by atoms with Gasteiger partial charge in [-0.15, -0.1) is 0 Å². The lowest BCUT2D eigenvalue weighted by Crippen LogP contribution is -2.11. The Balaban J connectivity index is 2.83. The zero-order valence-electron chi connectivity index (χ0n) is 10.2. The number of nitrogens with two attached hydrogens (primary N) is 1. The molecule has 1 aromatic carbocycles. The van der Waals surface area contributed by atoms with E-state index in [9.17, 15) is 0 Å². The Morgan fingerprint density at radius 3 is 2.62 bits per heavy atom. The summed E-state index contributed by atoms with van der Waals surface area (Å²) in [5.74, 6) is 5.93. The van der Waals surface area contributed by atoms with Crippen molar-refractivity contribution in [1.82, 2.24) is 4.90 Å². The molecule has 0 saturated carbocycles. The fourth-order valence-electron chi connectivity index (χ4n) is 1.66. The van der Waals surface area contributed by atoms with Crippen LogP contribution < -0.4 is 10.6 Å². The zero-order chi connectivity index (χ0) is 12.0. The van der Waals surface area contributed by atoms with E-state index in [0.717, 1.165) is 24.3 Å². The van der Waals surface area contributed by atoms with E-state index in [0.29, 0.717) is 6.61 Å². The van der Waals surface area contributed by atoms with E-state index in [1.807, 2.05) is 20.2 Å². The van der Waals surface area contributed by atoms with Crippen molar-refractivity contribution in [3.63, 3.8) is 0 Å². The molecule has 0 heterocycles. The van der Waals surface area contributed by atoms with Gasteiger partial charge in [0.1, 0.15) is 5.75 Å². The van der Waals surface area contributed by atoms with Gasteiger partial charge in [0.2, 0.25) is 0 Å². The molecule has 0 amide bonds. The van der Waals surface area contributed by atoms with Gasteiger partial charge in [-0.05, 0) is 31.3 Å². The van der Waals surface area contributed by atoms with Gasteiger partial charge in [0.25, 0.3) is 0 Å². The first-order valence-corrected chi connectivity index (χ1v) is 5.29. The Labute approximate surface area is 96.9 Å². The van der Waals surface area contributed by atoms with Crippen molar-refractivity contribution in [3.05, 3.63) is 29.3 Å². The summed E-state index contributed by atoms with van der Waals surface area (Å²) in [6, 6.07) is 6.20. The Kier molecular flexibility index (Phi) is 5.25. The molecular formula is C12H20N2O2. The molecule has 0 spiro atoms. The van der Waals surface area contributed by atoms with E-state index in [2.05, 4.69) is 21.9 Å². The first-order chi connectivity index (χ1) is 7.67. The molecular weight excluding hydrogens is 204 g/mol. The molecule has 4 heteroatoms. The Morgan fingerprint density at radius 1 is 1.31 bits per heavy atom. The van der Waals surface area contributed by atoms with Crippen molar-refractivity contribution in [1.29, 1.82) is 0 Å². The average molecular weight is 224 g/mol. The third-order valence-corrected chi connectivity index (χ3v) is 2.33. The van der Waals surface area contributed by atoms with E-state index in [-0.39, 0.29) is 0 Å². The summed E-state index contributed by atoms with van der Waals surface area (Å²) >= 11 is 0. The summed E-state index contributed by atoms with van der Waals surface area (Å²) in [5, 5.41) is 0. The molecule has 0 fully saturated rings. The van der Waals surface area contributed by atoms with Gasteiger partial charge in [-0.2, -0.15) is 0 Å². The average Bonchev–Trinajstić information content (AvgIpc) is 2.25. The minimum atomic E-state index is 0.502. The van der Waals surface area contributed by atoms with Gasteiger partial charge in [-0.25, -0.2) is 5.90 Å². The molecule has 0 saturated heterocycles. The van der Waals surface area contributed by atoms with Gasteiger partial charge in [0.15, 0.2) is 0 Å². The fraction of sp³-hybridized carbons (Fsp3) is 0.500. The first kappa shape index (κ1) is 13.0. The lowest BCUT2D eigenvalue weighted by atomic mass is 10.1. The molecule has 1 rings (SSSR count). The van der Waals surface area contributed by atoms with Gasteiger partial charge in [0.05, 0.1) is 13.7 Å². The lowest BCUT2D eigenvalue weighted by Gasteiger charge is -2.13. The SMILES string of the molecule is COc1ccc(CN(C)C)cc1CCON. The van der Waals surface area contributed by atoms with Gasteiger partial charge >= 0.3 is 0 Å². The van der Waals surface area contributed by atoms with E-state index in [1.165, 1.54) is 5.56 Å². The van der Waals surface area contributed by atoms with Crippen molar-refractivity contribution in [2.75, 3.05) is 27.8 Å². The van der Waals surface area contributed by atoms with Crippen LogP contribution in [0.15, 0.2) is 18.2 Å². The van der Waals surface area contributed by atoms with E-state index in [4.69, 9.17) is 10.6 Å². The van der Waals surface area contributed by atoms with Crippen LogP contribution in [0, 0.1) is 0 Å². The maximum absolute atomic E-state index is 5.29. The van der Waals surface area contributed by atoms with Gasteiger partial charge in [-0.1, -0.05) is 12.1 Å². The van der Waals surface area contributed by atoms with Crippen LogP contribution in [-0.4, -0.2) is 32.7 Å². The second-order valence-corrected chi connectivity index (χ2v) is 4.00. The monoisotopic (exact) mass is 224 g/mol. The minimum absolute atomic E-state index is 0.502. The number of rotatable bonds is 6. The first-order valence-electron chi connectivity index (χ1n) is 5.29. The highest BCUT2D eigenvalue weighted by atomic mass is 16.6. The van der Waals surface area contributed by atoms with E-state index in [1.54, 1.807) is 7.11 Å². The van der Waals surface area contributed by atoms with Crippen LogP contribution in [-0.2, 0) is 17.8 Å². The molecule has 0 radical (unpaired) electrons. The van der Waals surface area contributed by atoms with Crippen LogP contribution in [0.5, 0.6) is 5.75 Å². The zero-order valence-corrected chi connectivity index (χ0v) is 10.2. The Morgan fingerprint density at radius 2 is 2.06 bits per heavy atom. The third-order valence-electron chi connectivity index (χ3n) is 2.33. The van der Waals surface area contributed by atoms with Crippen molar-refractivity contribution in [2.45, 2.75) is 13.0 Å². The van der Waals surface area contributed by atoms with Crippen molar-refractivity contribution >= 4 is 0 Å². The number of ether oxygens (including phenoxy) is 1. The van der Waals surface area contributed by atoms with Gasteiger partial charge < -0.3 is 14.5 Å². The third kappa shape index (κ3) is 3.81. The summed E-state index contributed by atoms with van der Waals surface area (Å²) in [6.07, 6.45) is 0.765. The molecule has 0 aliphatic rings. The summed E-state index contributed by atoms with van der Waals surface area (Å²) < 4.78 is 5.29. The topological polar surface area (TPSA) is 47.7 Å². The van der Waals surface area contributed by atoms with Crippen LogP contribution >= 0.6 is 0 Å². The molecule has 0 atom stereocenters. The molecule has 16 heavy (non-hydrogen) atoms. The smallest absolute Gasteiger partial charge is 0.122 e. The number of hydrogen-bond donors (Lipinski definition) is 1. The molecule has 90 valence electrons. The van der Waals surface area contributed by atoms with Crippen molar-refractivity contribution in [3.8, 4) is 5.75 Å². The van der Waals surface area contributed by atoms with Crippen LogP contribution in [0.4, 0.5) is 0 Å². The molecule has 4 nitrogen and oxygen atoms in total. The summed E-state index contributed by atoms with van der Waals surface area (Å²) in [7, 11) is 5.77. The predicted molar refractivity (Wildman–Crippen MR) is 64.2 cm³/mol. The van der Waals surface area contributed by atoms with Crippen LogP contribution in [0.2, 0.25) is 0 Å². The Bertz CT molecular complexity index is 327. The summed E-state index contributed by atoms with van der Waals surface area (Å²) in [5.41, 5.74) is 2.39. The highest BCUT2D eigenvalue weighted by Gasteiger charge is 2.05. The minimum Gasteiger partial charge on any atom is -0.496 e. The number of benzene rings is 1. The summed E-state index contributed by atoms with van der Waals surface area (Å²) in [4.78, 5) is 6.73. The van der Waals surface area contributed by atoms with Crippen molar-refractivity contribution < 1.29 is 9.57 Å². The summed E-state index contributed by atoms with van der Waals surface area (Å²) in [6.45, 7) is 1.42. The maximum Gasteiger partial charge on any atom is 0.122 e. The molecule has 0 aliphatic heterocycles. The predicted octanol–water partition coefficient (Wildman–Crippen LogP) is 1.19. The second kappa shape index (κ2) is 6.48. The van der Waals surface area contributed by atoms with E-state index < -0.39 is 0 Å². The second-order valence-electron chi connectivity index (χ2n) is 4.00. The van der Waals surface area contributed by atoms with Gasteiger partial charge in [0, 0.05) is 13.0 Å². The molecule has 0 aliphatic carbocycles. The maximum atomic E-state index is 5.29. The number of nitrogens with zero attached hydrogens (tertiary/aromatic N) is 1. The largest absolute Gasteiger partial charge is 0.496 e.